The highest BCUT2D eigenvalue weighted by atomic mass is 19.2. The van der Waals surface area contributed by atoms with Gasteiger partial charge in [-0.25, -0.2) is 32.2 Å². The van der Waals surface area contributed by atoms with Crippen LogP contribution >= 0.6 is 0 Å². The second-order valence-corrected chi connectivity index (χ2v) is 8.05. The summed E-state index contributed by atoms with van der Waals surface area (Å²) in [7, 11) is 1.65. The Morgan fingerprint density at radius 1 is 0.971 bits per heavy atom. The van der Waals surface area contributed by atoms with Crippen LogP contribution in [0.3, 0.4) is 0 Å². The summed E-state index contributed by atoms with van der Waals surface area (Å²) in [4.78, 5) is 12.6. The van der Waals surface area contributed by atoms with Crippen molar-refractivity contribution in [2.24, 2.45) is 0 Å². The second-order valence-electron chi connectivity index (χ2n) is 8.05. The van der Waals surface area contributed by atoms with Gasteiger partial charge in [-0.05, 0) is 48.7 Å². The first-order valence-electron chi connectivity index (χ1n) is 10.4. The van der Waals surface area contributed by atoms with Crippen molar-refractivity contribution in [2.75, 3.05) is 18.1 Å². The van der Waals surface area contributed by atoms with E-state index in [1.54, 1.807) is 26.1 Å². The van der Waals surface area contributed by atoms with E-state index in [9.17, 15) is 13.2 Å². The second kappa shape index (κ2) is 8.08. The van der Waals surface area contributed by atoms with Crippen molar-refractivity contribution in [3.8, 4) is 5.69 Å². The third kappa shape index (κ3) is 3.44. The average Bonchev–Trinajstić information content (AvgIpc) is 3.40. The highest BCUT2D eigenvalue weighted by molar-refractivity contribution is 5.60. The number of halogens is 4. The molecule has 0 bridgehead atoms. The van der Waals surface area contributed by atoms with Crippen molar-refractivity contribution in [1.82, 2.24) is 24.7 Å². The molecule has 7 nitrogen and oxygen atoms in total. The summed E-state index contributed by atoms with van der Waals surface area (Å²) in [6, 6.07) is 6.62. The van der Waals surface area contributed by atoms with Crippen LogP contribution in [0.15, 0.2) is 36.7 Å². The molecule has 0 amide bonds. The largest absolute Gasteiger partial charge is 0.373 e. The Labute approximate surface area is 191 Å². The Kier molecular flexibility index (Phi) is 5.18. The van der Waals surface area contributed by atoms with Gasteiger partial charge in [-0.3, -0.25) is 0 Å². The van der Waals surface area contributed by atoms with Crippen LogP contribution in [0.2, 0.25) is 0 Å². The van der Waals surface area contributed by atoms with Gasteiger partial charge in [0.25, 0.3) is 0 Å². The van der Waals surface area contributed by atoms with E-state index < -0.39 is 35.1 Å². The van der Waals surface area contributed by atoms with E-state index in [2.05, 4.69) is 25.4 Å². The number of nitrogen functional groups attached to an aromatic ring is 1. The standard InChI is InChI=1S/C23H19F4N7/c1-10-30-9-31-34(10)18-4-3-11(5-15(18)24)13-8-14(12-6-16(25)20(27)17(26)7-12)21-19(13)22(29-2)33-23(28)32-21/h3-7,9,13-14H,8H2,1-2H3,(H3,28,29,32,33). The zero-order valence-electron chi connectivity index (χ0n) is 18.2. The van der Waals surface area contributed by atoms with Crippen LogP contribution in [0.25, 0.3) is 5.69 Å². The number of hydrogen-bond acceptors (Lipinski definition) is 6. The normalized spacial score (nSPS) is 17.1. The fraction of sp³-hybridized carbons (Fsp3) is 0.217. The zero-order chi connectivity index (χ0) is 24.1. The molecule has 0 saturated heterocycles. The van der Waals surface area contributed by atoms with Gasteiger partial charge in [-0.2, -0.15) is 10.1 Å². The van der Waals surface area contributed by atoms with Crippen LogP contribution in [-0.2, 0) is 0 Å². The van der Waals surface area contributed by atoms with E-state index >= 15 is 4.39 Å². The van der Waals surface area contributed by atoms with E-state index in [0.717, 1.165) is 12.1 Å². The molecule has 0 fully saturated rings. The van der Waals surface area contributed by atoms with Crippen molar-refractivity contribution >= 4 is 11.8 Å². The number of nitrogens with one attached hydrogen (secondary N) is 1. The molecule has 34 heavy (non-hydrogen) atoms. The van der Waals surface area contributed by atoms with Crippen molar-refractivity contribution in [1.29, 1.82) is 0 Å². The molecule has 2 aromatic heterocycles. The van der Waals surface area contributed by atoms with E-state index in [1.807, 2.05) is 0 Å². The molecule has 174 valence electrons. The Balaban J connectivity index is 1.64. The third-order valence-electron chi connectivity index (χ3n) is 6.11. The summed E-state index contributed by atoms with van der Waals surface area (Å²) in [6.07, 6.45) is 1.64. The summed E-state index contributed by atoms with van der Waals surface area (Å²) >= 11 is 0. The number of aromatic nitrogens is 5. The fourth-order valence-electron chi connectivity index (χ4n) is 4.59. The van der Waals surface area contributed by atoms with Crippen molar-refractivity contribution < 1.29 is 17.6 Å². The molecule has 1 aliphatic rings. The average molecular weight is 469 g/mol. The minimum atomic E-state index is -1.54. The topological polar surface area (TPSA) is 94.5 Å². The smallest absolute Gasteiger partial charge is 0.222 e. The Morgan fingerprint density at radius 2 is 1.68 bits per heavy atom. The number of aryl methyl sites for hydroxylation is 1. The van der Waals surface area contributed by atoms with Gasteiger partial charge in [-0.15, -0.1) is 0 Å². The first-order valence-corrected chi connectivity index (χ1v) is 10.4. The molecule has 4 aromatic rings. The quantitative estimate of drug-likeness (QED) is 0.344. The van der Waals surface area contributed by atoms with Crippen LogP contribution in [-0.4, -0.2) is 31.8 Å². The molecule has 0 spiro atoms. The summed E-state index contributed by atoms with van der Waals surface area (Å²) in [5.74, 6) is -4.75. The summed E-state index contributed by atoms with van der Waals surface area (Å²) in [5.41, 5.74) is 8.01. The number of rotatable bonds is 4. The summed E-state index contributed by atoms with van der Waals surface area (Å²) in [6.45, 7) is 1.71. The van der Waals surface area contributed by atoms with Gasteiger partial charge in [0.1, 0.15) is 29.5 Å². The lowest BCUT2D eigenvalue weighted by molar-refractivity contribution is 0.444. The van der Waals surface area contributed by atoms with Gasteiger partial charge in [0.05, 0.1) is 5.69 Å². The Morgan fingerprint density at radius 3 is 2.29 bits per heavy atom. The van der Waals surface area contributed by atoms with Gasteiger partial charge >= 0.3 is 0 Å². The molecule has 3 N–H and O–H groups in total. The molecule has 2 heterocycles. The SMILES string of the molecule is CNc1nc(N)nc2c1C(c1ccc(-n3ncnc3C)c(F)c1)CC2c1cc(F)c(F)c(F)c1. The van der Waals surface area contributed by atoms with Gasteiger partial charge in [0.2, 0.25) is 5.95 Å². The number of nitrogens with zero attached hydrogens (tertiary/aromatic N) is 5. The Hall–Kier alpha value is -4.02. The number of anilines is 2. The molecule has 0 saturated carbocycles. The monoisotopic (exact) mass is 469 g/mol. The lowest BCUT2D eigenvalue weighted by Gasteiger charge is -2.16. The van der Waals surface area contributed by atoms with Crippen LogP contribution < -0.4 is 11.1 Å². The third-order valence-corrected chi connectivity index (χ3v) is 6.11. The van der Waals surface area contributed by atoms with Gasteiger partial charge in [-0.1, -0.05) is 6.07 Å². The van der Waals surface area contributed by atoms with Crippen molar-refractivity contribution in [2.45, 2.75) is 25.2 Å². The molecule has 1 aliphatic carbocycles. The highest BCUT2D eigenvalue weighted by Gasteiger charge is 2.38. The number of fused-ring (bicyclic) bond motifs is 1. The molecule has 2 atom stereocenters. The molecule has 0 radical (unpaired) electrons. The van der Waals surface area contributed by atoms with E-state index in [-0.39, 0.29) is 17.2 Å². The number of nitrogens with two attached hydrogens (primary N) is 1. The van der Waals surface area contributed by atoms with Gasteiger partial charge < -0.3 is 11.1 Å². The van der Waals surface area contributed by atoms with Crippen molar-refractivity contribution in [3.05, 3.63) is 88.1 Å². The van der Waals surface area contributed by atoms with Gasteiger partial charge in [0, 0.05) is 24.4 Å². The predicted octanol–water partition coefficient (Wildman–Crippen LogP) is 4.21. The molecule has 0 aliphatic heterocycles. The predicted molar refractivity (Wildman–Crippen MR) is 117 cm³/mol. The van der Waals surface area contributed by atoms with Crippen molar-refractivity contribution in [3.63, 3.8) is 0 Å². The number of benzene rings is 2. The molecule has 5 rings (SSSR count). The van der Waals surface area contributed by atoms with Crippen LogP contribution in [0, 0.1) is 30.2 Å². The zero-order valence-corrected chi connectivity index (χ0v) is 18.2. The fourth-order valence-corrected chi connectivity index (χ4v) is 4.59. The molecule has 2 unspecified atom stereocenters. The molecular weight excluding hydrogens is 450 g/mol. The highest BCUT2D eigenvalue weighted by Crippen LogP contribution is 2.50. The molecule has 2 aromatic carbocycles. The molecule has 11 heteroatoms. The lowest BCUT2D eigenvalue weighted by atomic mass is 9.90. The Bertz CT molecular complexity index is 1400. The van der Waals surface area contributed by atoms with Crippen LogP contribution in [0.1, 0.15) is 46.5 Å². The van der Waals surface area contributed by atoms with E-state index in [4.69, 9.17) is 5.73 Å². The first kappa shape index (κ1) is 21.8. The number of hydrogen-bond donors (Lipinski definition) is 2. The van der Waals surface area contributed by atoms with Crippen LogP contribution in [0.4, 0.5) is 29.3 Å². The maximum Gasteiger partial charge on any atom is 0.222 e. The van der Waals surface area contributed by atoms with Crippen LogP contribution in [0.5, 0.6) is 0 Å². The maximum absolute atomic E-state index is 15.1. The van der Waals surface area contributed by atoms with E-state index in [0.29, 0.717) is 34.9 Å². The maximum atomic E-state index is 15.1. The summed E-state index contributed by atoms with van der Waals surface area (Å²) in [5, 5.41) is 7.01. The van der Waals surface area contributed by atoms with Gasteiger partial charge in [0.15, 0.2) is 17.5 Å². The van der Waals surface area contributed by atoms with E-state index in [1.165, 1.54) is 17.1 Å². The lowest BCUT2D eigenvalue weighted by Crippen LogP contribution is -2.09. The molecular formula is C23H19F4N7. The minimum absolute atomic E-state index is 0.0278. The summed E-state index contributed by atoms with van der Waals surface area (Å²) < 4.78 is 58.2. The first-order chi connectivity index (χ1) is 16.3. The minimum Gasteiger partial charge on any atom is -0.373 e.